The molecule has 3 aromatic rings. The monoisotopic (exact) mass is 465 g/mol. The number of allylic oxidation sites excluding steroid dienone is 3. The molecule has 3 aliphatic rings. The number of aliphatic hydroxyl groups is 1. The van der Waals surface area contributed by atoms with E-state index < -0.39 is 0 Å². The molecule has 0 atom stereocenters. The van der Waals surface area contributed by atoms with Gasteiger partial charge in [-0.3, -0.25) is 4.79 Å². The van der Waals surface area contributed by atoms with Gasteiger partial charge in [-0.05, 0) is 25.8 Å². The first-order valence-corrected chi connectivity index (χ1v) is 12.9. The zero-order valence-electron chi connectivity index (χ0n) is 20.8. The number of rotatable bonds is 5. The fourth-order valence-corrected chi connectivity index (χ4v) is 6.44. The Hall–Kier alpha value is -3.40. The smallest absolute Gasteiger partial charge is 0.209 e. The number of para-hydroxylation sites is 2. The Morgan fingerprint density at radius 2 is 1.80 bits per heavy atom. The van der Waals surface area contributed by atoms with Gasteiger partial charge in [0.15, 0.2) is 5.71 Å². The molecule has 0 saturated heterocycles. The van der Waals surface area contributed by atoms with Gasteiger partial charge < -0.3 is 9.67 Å². The van der Waals surface area contributed by atoms with Crippen LogP contribution in [0.4, 0.5) is 5.69 Å². The average molecular weight is 466 g/mol. The number of Topliss-reactive ketones (excluding diaryl/α,β-unsaturated/α-hetero) is 1. The SMILES string of the molecule is Cn1cc(C2=C(O)C(=CC3=[N+](CCC4CCCC4)c4ccccc4C3(C)C)C2=O)c2ccccc21. The molecule has 0 bridgehead atoms. The van der Waals surface area contributed by atoms with Crippen LogP contribution in [0, 0.1) is 5.92 Å². The molecule has 4 nitrogen and oxygen atoms in total. The van der Waals surface area contributed by atoms with Crippen LogP contribution in [0.3, 0.4) is 0 Å². The Bertz CT molecular complexity index is 1460. The summed E-state index contributed by atoms with van der Waals surface area (Å²) in [6.07, 6.45) is 10.4. The fraction of sp³-hybridized carbons (Fsp3) is 0.355. The van der Waals surface area contributed by atoms with Crippen LogP contribution in [0.15, 0.2) is 72.1 Å². The minimum Gasteiger partial charge on any atom is -0.506 e. The zero-order chi connectivity index (χ0) is 24.3. The van der Waals surface area contributed by atoms with Crippen LogP contribution in [-0.4, -0.2) is 32.3 Å². The number of ketones is 1. The van der Waals surface area contributed by atoms with Crippen molar-refractivity contribution in [3.05, 3.63) is 83.3 Å². The van der Waals surface area contributed by atoms with Crippen LogP contribution in [-0.2, 0) is 17.3 Å². The molecule has 0 radical (unpaired) electrons. The minimum atomic E-state index is -0.241. The molecule has 1 aliphatic heterocycles. The van der Waals surface area contributed by atoms with E-state index >= 15 is 0 Å². The second-order valence-corrected chi connectivity index (χ2v) is 10.9. The third kappa shape index (κ3) is 3.34. The molecule has 0 amide bonds. The van der Waals surface area contributed by atoms with E-state index in [9.17, 15) is 9.90 Å². The summed E-state index contributed by atoms with van der Waals surface area (Å²) in [7, 11) is 1.97. The summed E-state index contributed by atoms with van der Waals surface area (Å²) >= 11 is 0. The van der Waals surface area contributed by atoms with Crippen molar-refractivity contribution >= 4 is 33.7 Å². The van der Waals surface area contributed by atoms with Crippen molar-refractivity contribution in [2.75, 3.05) is 6.54 Å². The van der Waals surface area contributed by atoms with E-state index in [1.54, 1.807) is 0 Å². The number of nitrogens with zero attached hydrogens (tertiary/aromatic N) is 2. The Kier molecular flexibility index (Phi) is 5.10. The van der Waals surface area contributed by atoms with Crippen molar-refractivity contribution in [1.82, 2.24) is 4.57 Å². The largest absolute Gasteiger partial charge is 0.506 e. The predicted octanol–water partition coefficient (Wildman–Crippen LogP) is 6.61. The lowest BCUT2D eigenvalue weighted by molar-refractivity contribution is -0.439. The molecule has 2 aromatic carbocycles. The van der Waals surface area contributed by atoms with Gasteiger partial charge in [-0.1, -0.05) is 62.1 Å². The van der Waals surface area contributed by atoms with E-state index in [2.05, 4.69) is 42.7 Å². The summed E-state index contributed by atoms with van der Waals surface area (Å²) in [5.41, 5.74) is 6.08. The molecular weight excluding hydrogens is 432 g/mol. The molecule has 1 saturated carbocycles. The Morgan fingerprint density at radius 3 is 2.57 bits per heavy atom. The van der Waals surface area contributed by atoms with Crippen molar-refractivity contribution in [3.8, 4) is 0 Å². The van der Waals surface area contributed by atoms with Gasteiger partial charge in [0.1, 0.15) is 12.3 Å². The van der Waals surface area contributed by atoms with E-state index in [4.69, 9.17) is 0 Å². The maximum absolute atomic E-state index is 13.4. The summed E-state index contributed by atoms with van der Waals surface area (Å²) in [5.74, 6) is 0.826. The number of aliphatic hydroxyl groups excluding tert-OH is 1. The van der Waals surface area contributed by atoms with Gasteiger partial charge in [0.2, 0.25) is 11.5 Å². The molecule has 2 heterocycles. The zero-order valence-corrected chi connectivity index (χ0v) is 20.8. The van der Waals surface area contributed by atoms with Crippen LogP contribution in [0.5, 0.6) is 0 Å². The number of fused-ring (bicyclic) bond motifs is 2. The van der Waals surface area contributed by atoms with Crippen molar-refractivity contribution < 1.29 is 14.5 Å². The Balaban J connectivity index is 1.43. The first-order chi connectivity index (χ1) is 16.9. The number of aryl methyl sites for hydroxylation is 1. The highest BCUT2D eigenvalue weighted by Gasteiger charge is 2.46. The molecule has 0 spiro atoms. The van der Waals surface area contributed by atoms with Crippen LogP contribution in [0.25, 0.3) is 16.5 Å². The number of benzene rings is 2. The normalized spacial score (nSPS) is 20.9. The number of carbonyl (C=O) groups excluding carboxylic acids is 1. The van der Waals surface area contributed by atoms with Gasteiger partial charge in [-0.2, -0.15) is 4.58 Å². The van der Waals surface area contributed by atoms with Crippen molar-refractivity contribution in [2.24, 2.45) is 13.0 Å². The van der Waals surface area contributed by atoms with Crippen LogP contribution in [0.1, 0.15) is 57.1 Å². The topological polar surface area (TPSA) is 45.2 Å². The van der Waals surface area contributed by atoms with Crippen molar-refractivity contribution in [1.29, 1.82) is 0 Å². The van der Waals surface area contributed by atoms with Gasteiger partial charge in [0, 0.05) is 53.8 Å². The number of hydrogen-bond acceptors (Lipinski definition) is 2. The summed E-state index contributed by atoms with van der Waals surface area (Å²) in [6, 6.07) is 16.6. The van der Waals surface area contributed by atoms with E-state index in [1.165, 1.54) is 36.9 Å². The summed E-state index contributed by atoms with van der Waals surface area (Å²) < 4.78 is 4.41. The Morgan fingerprint density at radius 1 is 1.09 bits per heavy atom. The lowest BCUT2D eigenvalue weighted by atomic mass is 9.77. The molecule has 1 fully saturated rings. The van der Waals surface area contributed by atoms with Gasteiger partial charge in [0.25, 0.3) is 0 Å². The number of aromatic nitrogens is 1. The van der Waals surface area contributed by atoms with Gasteiger partial charge in [-0.15, -0.1) is 0 Å². The second-order valence-electron chi connectivity index (χ2n) is 10.9. The molecule has 2 aliphatic carbocycles. The highest BCUT2D eigenvalue weighted by Crippen LogP contribution is 2.44. The number of hydrogen-bond donors (Lipinski definition) is 1. The summed E-state index contributed by atoms with van der Waals surface area (Å²) in [5, 5.41) is 12.1. The predicted molar refractivity (Wildman–Crippen MR) is 141 cm³/mol. The quantitative estimate of drug-likeness (QED) is 0.340. The molecule has 6 rings (SSSR count). The van der Waals surface area contributed by atoms with Gasteiger partial charge >= 0.3 is 0 Å². The van der Waals surface area contributed by atoms with Crippen LogP contribution in [0.2, 0.25) is 0 Å². The standard InChI is InChI=1S/C31H32N2O2/c1-31(2)24-13-7-9-15-26(24)33(17-16-20-10-4-5-11-20)27(31)18-22-29(34)28(30(22)35)23-19-32(3)25-14-8-6-12-21(23)25/h6-9,12-15,18-20H,4-5,10-11,16-17H2,1-3H3/p+1. The molecule has 35 heavy (non-hydrogen) atoms. The second kappa shape index (κ2) is 8.08. The third-order valence-corrected chi connectivity index (χ3v) is 8.45. The maximum Gasteiger partial charge on any atom is 0.209 e. The van der Waals surface area contributed by atoms with E-state index in [0.717, 1.165) is 41.1 Å². The maximum atomic E-state index is 13.4. The molecule has 178 valence electrons. The average Bonchev–Trinajstić information content (AvgIpc) is 3.54. The van der Waals surface area contributed by atoms with E-state index in [0.29, 0.717) is 11.1 Å². The summed E-state index contributed by atoms with van der Waals surface area (Å²) in [4.78, 5) is 13.4. The van der Waals surface area contributed by atoms with Crippen molar-refractivity contribution in [2.45, 2.75) is 51.4 Å². The van der Waals surface area contributed by atoms with Gasteiger partial charge in [-0.25, -0.2) is 0 Å². The minimum absolute atomic E-state index is 0.0751. The molecule has 4 heteroatoms. The first-order valence-electron chi connectivity index (χ1n) is 12.9. The van der Waals surface area contributed by atoms with Crippen molar-refractivity contribution in [3.63, 3.8) is 0 Å². The molecule has 1 aromatic heterocycles. The lowest BCUT2D eigenvalue weighted by Crippen LogP contribution is -2.31. The highest BCUT2D eigenvalue weighted by molar-refractivity contribution is 6.41. The van der Waals surface area contributed by atoms with Crippen LogP contribution < -0.4 is 0 Å². The first kappa shape index (κ1) is 22.1. The molecule has 0 unspecified atom stereocenters. The Labute approximate surface area is 206 Å². The summed E-state index contributed by atoms with van der Waals surface area (Å²) in [6.45, 7) is 5.39. The van der Waals surface area contributed by atoms with Gasteiger partial charge in [0.05, 0.1) is 16.6 Å². The van der Waals surface area contributed by atoms with E-state index in [-0.39, 0.29) is 17.0 Å². The van der Waals surface area contributed by atoms with E-state index in [1.807, 2.05) is 48.2 Å². The molecule has 1 N–H and O–H groups in total. The molecular formula is C31H33N2O2+. The lowest BCUT2D eigenvalue weighted by Gasteiger charge is -2.22. The third-order valence-electron chi connectivity index (χ3n) is 8.45. The fourth-order valence-electron chi connectivity index (χ4n) is 6.44. The van der Waals surface area contributed by atoms with Crippen LogP contribution >= 0.6 is 0 Å². The number of carbonyl (C=O) groups is 1. The highest BCUT2D eigenvalue weighted by atomic mass is 16.3.